The van der Waals surface area contributed by atoms with Crippen LogP contribution in [0.25, 0.3) is 0 Å². The van der Waals surface area contributed by atoms with Crippen molar-refractivity contribution in [2.24, 2.45) is 5.92 Å². The molecule has 0 heterocycles. The summed E-state index contributed by atoms with van der Waals surface area (Å²) in [6.07, 6.45) is 5.08. The lowest BCUT2D eigenvalue weighted by Crippen LogP contribution is -2.19. The monoisotopic (exact) mass is 166 g/mol. The van der Waals surface area contributed by atoms with Crippen LogP contribution in [-0.2, 0) is 4.79 Å². The van der Waals surface area contributed by atoms with Crippen molar-refractivity contribution in [1.29, 1.82) is 0 Å². The molecule has 66 valence electrons. The molecule has 2 nitrogen and oxygen atoms in total. The summed E-state index contributed by atoms with van der Waals surface area (Å²) in [7, 11) is 0. The van der Waals surface area contributed by atoms with Gasteiger partial charge in [-0.2, -0.15) is 0 Å². The highest BCUT2D eigenvalue weighted by atomic mass is 16.3. The van der Waals surface area contributed by atoms with Crippen LogP contribution in [0.1, 0.15) is 20.3 Å². The summed E-state index contributed by atoms with van der Waals surface area (Å²) in [4.78, 5) is 11.1. The van der Waals surface area contributed by atoms with E-state index in [9.17, 15) is 9.90 Å². The Bertz CT molecular complexity index is 234. The van der Waals surface area contributed by atoms with Gasteiger partial charge in [0, 0.05) is 0 Å². The molecule has 0 fully saturated rings. The molecule has 12 heavy (non-hydrogen) atoms. The van der Waals surface area contributed by atoms with E-state index in [1.165, 1.54) is 11.6 Å². The Kier molecular flexibility index (Phi) is 2.82. The Morgan fingerprint density at radius 1 is 1.67 bits per heavy atom. The molecule has 2 heteroatoms. The van der Waals surface area contributed by atoms with Crippen LogP contribution in [0.3, 0.4) is 0 Å². The Morgan fingerprint density at radius 2 is 2.33 bits per heavy atom. The third-order valence-corrected chi connectivity index (χ3v) is 2.02. The number of hydrogen-bond donors (Lipinski definition) is 1. The first-order valence-electron chi connectivity index (χ1n) is 4.14. The summed E-state index contributed by atoms with van der Waals surface area (Å²) in [5.74, 6) is -0.195. The molecule has 1 rings (SSSR count). The highest BCUT2D eigenvalue weighted by Gasteiger charge is 2.26. The fraction of sp³-hybridized carbons (Fsp3) is 0.500. The van der Waals surface area contributed by atoms with Gasteiger partial charge in [-0.1, -0.05) is 17.7 Å². The SMILES string of the molecule is CC(C)=CCC1C(=O)C=CC1O. The number of allylic oxidation sites excluding steroid dienone is 3. The lowest BCUT2D eigenvalue weighted by molar-refractivity contribution is -0.119. The molecule has 0 aliphatic heterocycles. The van der Waals surface area contributed by atoms with Gasteiger partial charge in [-0.25, -0.2) is 0 Å². The minimum Gasteiger partial charge on any atom is -0.388 e. The van der Waals surface area contributed by atoms with Crippen LogP contribution in [0.2, 0.25) is 0 Å². The Hall–Kier alpha value is -0.890. The van der Waals surface area contributed by atoms with E-state index in [0.29, 0.717) is 6.42 Å². The molecule has 0 aromatic carbocycles. The molecular weight excluding hydrogens is 152 g/mol. The Morgan fingerprint density at radius 3 is 2.75 bits per heavy atom. The van der Waals surface area contributed by atoms with Gasteiger partial charge < -0.3 is 5.11 Å². The Balaban J connectivity index is 2.54. The molecule has 0 bridgehead atoms. The van der Waals surface area contributed by atoms with E-state index < -0.39 is 6.10 Å². The Labute approximate surface area is 72.6 Å². The van der Waals surface area contributed by atoms with Crippen LogP contribution in [-0.4, -0.2) is 17.0 Å². The molecule has 2 atom stereocenters. The first kappa shape index (κ1) is 9.20. The molecule has 0 saturated carbocycles. The summed E-state index contributed by atoms with van der Waals surface area (Å²) in [6.45, 7) is 3.97. The van der Waals surface area contributed by atoms with E-state index >= 15 is 0 Å². The van der Waals surface area contributed by atoms with E-state index in [1.54, 1.807) is 6.08 Å². The highest BCUT2D eigenvalue weighted by molar-refractivity contribution is 5.95. The van der Waals surface area contributed by atoms with Crippen LogP contribution in [0.5, 0.6) is 0 Å². The van der Waals surface area contributed by atoms with Gasteiger partial charge in [0.15, 0.2) is 5.78 Å². The minimum atomic E-state index is -0.576. The fourth-order valence-electron chi connectivity index (χ4n) is 1.24. The average Bonchev–Trinajstić information content (AvgIpc) is 2.28. The van der Waals surface area contributed by atoms with Crippen LogP contribution in [0, 0.1) is 5.92 Å². The molecule has 0 aromatic heterocycles. The van der Waals surface area contributed by atoms with Crippen molar-refractivity contribution in [2.75, 3.05) is 0 Å². The highest BCUT2D eigenvalue weighted by Crippen LogP contribution is 2.19. The molecule has 1 N–H and O–H groups in total. The van der Waals surface area contributed by atoms with Crippen molar-refractivity contribution in [3.8, 4) is 0 Å². The maximum Gasteiger partial charge on any atom is 0.161 e. The van der Waals surface area contributed by atoms with Crippen LogP contribution >= 0.6 is 0 Å². The normalized spacial score (nSPS) is 27.8. The van der Waals surface area contributed by atoms with Crippen molar-refractivity contribution in [2.45, 2.75) is 26.4 Å². The van der Waals surface area contributed by atoms with E-state index in [2.05, 4.69) is 0 Å². The largest absolute Gasteiger partial charge is 0.388 e. The van der Waals surface area contributed by atoms with Gasteiger partial charge in [0.1, 0.15) is 0 Å². The maximum atomic E-state index is 11.1. The third-order valence-electron chi connectivity index (χ3n) is 2.02. The summed E-state index contributed by atoms with van der Waals surface area (Å²) in [6, 6.07) is 0. The quantitative estimate of drug-likeness (QED) is 0.630. The molecule has 0 radical (unpaired) electrons. The second kappa shape index (κ2) is 3.68. The molecule has 2 unspecified atom stereocenters. The summed E-state index contributed by atoms with van der Waals surface area (Å²) >= 11 is 0. The van der Waals surface area contributed by atoms with Crippen LogP contribution < -0.4 is 0 Å². The first-order valence-corrected chi connectivity index (χ1v) is 4.14. The predicted molar refractivity (Wildman–Crippen MR) is 47.7 cm³/mol. The number of aliphatic hydroxyl groups is 1. The number of aliphatic hydroxyl groups excluding tert-OH is 1. The molecule has 1 aliphatic rings. The number of ketones is 1. The first-order chi connectivity index (χ1) is 5.61. The van der Waals surface area contributed by atoms with Gasteiger partial charge in [0.25, 0.3) is 0 Å². The van der Waals surface area contributed by atoms with Crippen molar-refractivity contribution in [3.05, 3.63) is 23.8 Å². The van der Waals surface area contributed by atoms with Gasteiger partial charge in [-0.3, -0.25) is 4.79 Å². The molecule has 0 saturated heterocycles. The summed E-state index contributed by atoms with van der Waals surface area (Å²) < 4.78 is 0. The molecule has 1 aliphatic carbocycles. The zero-order chi connectivity index (χ0) is 9.14. The molecule has 0 amide bonds. The fourth-order valence-corrected chi connectivity index (χ4v) is 1.24. The van der Waals surface area contributed by atoms with Crippen molar-refractivity contribution >= 4 is 5.78 Å². The minimum absolute atomic E-state index is 0.0417. The number of hydrogen-bond acceptors (Lipinski definition) is 2. The van der Waals surface area contributed by atoms with E-state index in [1.807, 2.05) is 19.9 Å². The third kappa shape index (κ3) is 2.05. The lowest BCUT2D eigenvalue weighted by atomic mass is 9.98. The molecule has 0 spiro atoms. The predicted octanol–water partition coefficient (Wildman–Crippen LogP) is 1.46. The summed E-state index contributed by atoms with van der Waals surface area (Å²) in [5, 5.41) is 9.34. The van der Waals surface area contributed by atoms with Crippen molar-refractivity contribution in [1.82, 2.24) is 0 Å². The zero-order valence-electron chi connectivity index (χ0n) is 7.45. The lowest BCUT2D eigenvalue weighted by Gasteiger charge is -2.09. The number of rotatable bonds is 2. The summed E-state index contributed by atoms with van der Waals surface area (Å²) in [5.41, 5.74) is 1.18. The van der Waals surface area contributed by atoms with Crippen molar-refractivity contribution in [3.63, 3.8) is 0 Å². The van der Waals surface area contributed by atoms with Crippen LogP contribution in [0.4, 0.5) is 0 Å². The second-order valence-corrected chi connectivity index (χ2v) is 3.38. The zero-order valence-corrected chi connectivity index (χ0v) is 7.45. The van der Waals surface area contributed by atoms with Gasteiger partial charge in [0.05, 0.1) is 12.0 Å². The average molecular weight is 166 g/mol. The molecule has 0 aromatic rings. The van der Waals surface area contributed by atoms with Gasteiger partial charge in [-0.15, -0.1) is 0 Å². The topological polar surface area (TPSA) is 37.3 Å². The second-order valence-electron chi connectivity index (χ2n) is 3.38. The maximum absolute atomic E-state index is 11.1. The molecular formula is C10H14O2. The van der Waals surface area contributed by atoms with Crippen molar-refractivity contribution < 1.29 is 9.90 Å². The van der Waals surface area contributed by atoms with E-state index in [4.69, 9.17) is 0 Å². The van der Waals surface area contributed by atoms with Gasteiger partial charge in [0.2, 0.25) is 0 Å². The van der Waals surface area contributed by atoms with E-state index in [0.717, 1.165) is 0 Å². The van der Waals surface area contributed by atoms with Gasteiger partial charge in [-0.05, 0) is 26.3 Å². The standard InChI is InChI=1S/C10H14O2/c1-7(2)3-4-8-9(11)5-6-10(8)12/h3,5-6,8-9,11H,4H2,1-2H3. The number of carbonyl (C=O) groups is 1. The van der Waals surface area contributed by atoms with Crippen LogP contribution in [0.15, 0.2) is 23.8 Å². The van der Waals surface area contributed by atoms with Gasteiger partial charge >= 0.3 is 0 Å². The van der Waals surface area contributed by atoms with E-state index in [-0.39, 0.29) is 11.7 Å². The number of carbonyl (C=O) groups excluding carboxylic acids is 1. The smallest absolute Gasteiger partial charge is 0.161 e.